The van der Waals surface area contributed by atoms with Gasteiger partial charge < -0.3 is 9.47 Å². The summed E-state index contributed by atoms with van der Waals surface area (Å²) in [6.45, 7) is 8.78. The fourth-order valence-electron chi connectivity index (χ4n) is 3.13. The van der Waals surface area contributed by atoms with E-state index < -0.39 is 0 Å². The molecular weight excluding hydrogens is 360 g/mol. The van der Waals surface area contributed by atoms with Gasteiger partial charge in [-0.15, -0.1) is 0 Å². The van der Waals surface area contributed by atoms with Crippen molar-refractivity contribution in [3.63, 3.8) is 0 Å². The maximum absolute atomic E-state index is 12.3. The zero-order valence-corrected chi connectivity index (χ0v) is 17.6. The monoisotopic (exact) mass is 388 g/mol. The Hall–Kier alpha value is -3.07. The van der Waals surface area contributed by atoms with Gasteiger partial charge in [0.05, 0.1) is 5.56 Å². The van der Waals surface area contributed by atoms with Crippen molar-refractivity contribution in [1.82, 2.24) is 0 Å². The third-order valence-corrected chi connectivity index (χ3v) is 4.74. The van der Waals surface area contributed by atoms with Gasteiger partial charge in [-0.2, -0.15) is 0 Å². The summed E-state index contributed by atoms with van der Waals surface area (Å²) in [6, 6.07) is 23.8. The van der Waals surface area contributed by atoms with Crippen LogP contribution in [0.5, 0.6) is 11.5 Å². The van der Waals surface area contributed by atoms with Gasteiger partial charge in [-0.3, -0.25) is 4.79 Å². The first-order chi connectivity index (χ1) is 13.8. The Morgan fingerprint density at radius 1 is 0.759 bits per heavy atom. The highest BCUT2D eigenvalue weighted by Crippen LogP contribution is 2.37. The topological polar surface area (TPSA) is 35.5 Å². The number of hydrogen-bond acceptors (Lipinski definition) is 3. The van der Waals surface area contributed by atoms with Crippen LogP contribution in [-0.4, -0.2) is 5.78 Å². The van der Waals surface area contributed by atoms with E-state index in [4.69, 9.17) is 9.47 Å². The van der Waals surface area contributed by atoms with Crippen molar-refractivity contribution >= 4 is 5.78 Å². The highest BCUT2D eigenvalue weighted by atomic mass is 16.5. The maximum atomic E-state index is 12.3. The molecular formula is C26H28O3. The van der Waals surface area contributed by atoms with E-state index in [1.807, 2.05) is 72.8 Å². The fourth-order valence-corrected chi connectivity index (χ4v) is 3.13. The molecule has 0 amide bonds. The third-order valence-electron chi connectivity index (χ3n) is 4.74. The smallest absolute Gasteiger partial charge is 0.163 e. The second kappa shape index (κ2) is 8.95. The average molecular weight is 389 g/mol. The molecule has 0 saturated carbocycles. The summed E-state index contributed by atoms with van der Waals surface area (Å²) < 4.78 is 12.2. The van der Waals surface area contributed by atoms with Crippen LogP contribution in [-0.2, 0) is 18.6 Å². The molecule has 3 heteroatoms. The summed E-state index contributed by atoms with van der Waals surface area (Å²) in [6.07, 6.45) is 0. The van der Waals surface area contributed by atoms with E-state index in [9.17, 15) is 4.79 Å². The summed E-state index contributed by atoms with van der Waals surface area (Å²) >= 11 is 0. The van der Waals surface area contributed by atoms with Crippen LogP contribution in [0.15, 0.2) is 72.8 Å². The molecule has 0 spiro atoms. The number of carbonyl (C=O) groups is 1. The molecule has 0 unspecified atom stereocenters. The van der Waals surface area contributed by atoms with Crippen molar-refractivity contribution in [3.8, 4) is 11.5 Å². The minimum atomic E-state index is -0.172. The van der Waals surface area contributed by atoms with Gasteiger partial charge in [0.25, 0.3) is 0 Å². The Labute approximate surface area is 173 Å². The lowest BCUT2D eigenvalue weighted by Gasteiger charge is -2.25. The molecule has 0 aliphatic rings. The lowest BCUT2D eigenvalue weighted by molar-refractivity contribution is 0.101. The molecule has 0 heterocycles. The molecule has 0 saturated heterocycles. The molecule has 0 aromatic heterocycles. The van der Waals surface area contributed by atoms with Crippen molar-refractivity contribution in [2.75, 3.05) is 0 Å². The summed E-state index contributed by atoms with van der Waals surface area (Å²) in [7, 11) is 0. The summed E-state index contributed by atoms with van der Waals surface area (Å²) in [4.78, 5) is 12.3. The molecule has 0 aliphatic carbocycles. The largest absolute Gasteiger partial charge is 0.488 e. The van der Waals surface area contributed by atoms with Crippen LogP contribution in [0, 0.1) is 0 Å². The Morgan fingerprint density at radius 3 is 1.69 bits per heavy atom. The molecule has 3 aromatic carbocycles. The van der Waals surface area contributed by atoms with Crippen LogP contribution < -0.4 is 9.47 Å². The Balaban J connectivity index is 1.94. The molecule has 0 fully saturated rings. The van der Waals surface area contributed by atoms with E-state index in [0.717, 1.165) is 22.4 Å². The number of ketones is 1. The number of rotatable bonds is 7. The Kier molecular flexibility index (Phi) is 6.38. The second-order valence-electron chi connectivity index (χ2n) is 8.20. The first-order valence-corrected chi connectivity index (χ1v) is 9.87. The standard InChI is InChI=1S/C26H28O3/c1-19(27)22-15-23(26(2,3)4)25(29-18-21-13-9-6-10-14-21)16-24(22)28-17-20-11-7-5-8-12-20/h5-16H,17-18H2,1-4H3. The highest BCUT2D eigenvalue weighted by molar-refractivity contribution is 5.97. The van der Waals surface area contributed by atoms with Crippen LogP contribution in [0.1, 0.15) is 54.7 Å². The maximum Gasteiger partial charge on any atom is 0.163 e. The average Bonchev–Trinajstić information content (AvgIpc) is 2.71. The van der Waals surface area contributed by atoms with E-state index in [1.165, 1.54) is 0 Å². The van der Waals surface area contributed by atoms with Gasteiger partial charge >= 0.3 is 0 Å². The number of benzene rings is 3. The molecule has 0 aliphatic heterocycles. The van der Waals surface area contributed by atoms with Crippen LogP contribution in [0.2, 0.25) is 0 Å². The Morgan fingerprint density at radius 2 is 1.24 bits per heavy atom. The van der Waals surface area contributed by atoms with Crippen molar-refractivity contribution in [3.05, 3.63) is 95.1 Å². The summed E-state index contributed by atoms with van der Waals surface area (Å²) in [5.41, 5.74) is 3.54. The van der Waals surface area contributed by atoms with Crippen molar-refractivity contribution in [1.29, 1.82) is 0 Å². The first kappa shape index (κ1) is 20.7. The molecule has 3 rings (SSSR count). The predicted octanol–water partition coefficient (Wildman–Crippen LogP) is 6.34. The molecule has 0 atom stereocenters. The molecule has 3 nitrogen and oxygen atoms in total. The summed E-state index contributed by atoms with van der Waals surface area (Å²) in [5, 5.41) is 0. The quantitative estimate of drug-likeness (QED) is 0.443. The van der Waals surface area contributed by atoms with Crippen LogP contribution in [0.25, 0.3) is 0 Å². The SMILES string of the molecule is CC(=O)c1cc(C(C)(C)C)c(OCc2ccccc2)cc1OCc1ccccc1. The van der Waals surface area contributed by atoms with Gasteiger partial charge in [-0.1, -0.05) is 81.4 Å². The third kappa shape index (κ3) is 5.47. The highest BCUT2D eigenvalue weighted by Gasteiger charge is 2.24. The zero-order chi connectivity index (χ0) is 20.9. The van der Waals surface area contributed by atoms with Gasteiger partial charge in [-0.05, 0) is 29.5 Å². The number of Topliss-reactive ketones (excluding diaryl/α,β-unsaturated/α-hetero) is 1. The van der Waals surface area contributed by atoms with Crippen molar-refractivity contribution < 1.29 is 14.3 Å². The van der Waals surface area contributed by atoms with Crippen LogP contribution in [0.4, 0.5) is 0 Å². The van der Waals surface area contributed by atoms with Crippen molar-refractivity contribution in [2.45, 2.75) is 46.3 Å². The van der Waals surface area contributed by atoms with E-state index in [-0.39, 0.29) is 11.2 Å². The number of carbonyl (C=O) groups excluding carboxylic acids is 1. The lowest BCUT2D eigenvalue weighted by atomic mass is 9.84. The molecule has 3 aromatic rings. The van der Waals surface area contributed by atoms with Gasteiger partial charge in [0.15, 0.2) is 5.78 Å². The molecule has 0 N–H and O–H groups in total. The zero-order valence-electron chi connectivity index (χ0n) is 17.6. The first-order valence-electron chi connectivity index (χ1n) is 9.87. The van der Waals surface area contributed by atoms with Gasteiger partial charge in [-0.25, -0.2) is 0 Å². The second-order valence-corrected chi connectivity index (χ2v) is 8.20. The van der Waals surface area contributed by atoms with Crippen LogP contribution >= 0.6 is 0 Å². The van der Waals surface area contributed by atoms with E-state index >= 15 is 0 Å². The molecule has 0 radical (unpaired) electrons. The van der Waals surface area contributed by atoms with Gasteiger partial charge in [0, 0.05) is 11.6 Å². The van der Waals surface area contributed by atoms with Gasteiger partial charge in [0.1, 0.15) is 24.7 Å². The Bertz CT molecular complexity index is 954. The normalized spacial score (nSPS) is 11.2. The fraction of sp³-hybridized carbons (Fsp3) is 0.269. The van der Waals surface area contributed by atoms with Crippen molar-refractivity contribution in [2.24, 2.45) is 0 Å². The lowest BCUT2D eigenvalue weighted by Crippen LogP contribution is -2.15. The molecule has 0 bridgehead atoms. The molecule has 150 valence electrons. The molecule has 29 heavy (non-hydrogen) atoms. The van der Waals surface area contributed by atoms with E-state index in [1.54, 1.807) is 6.92 Å². The minimum absolute atomic E-state index is 0.0202. The van der Waals surface area contributed by atoms with Gasteiger partial charge in [0.2, 0.25) is 0 Å². The van der Waals surface area contributed by atoms with Crippen LogP contribution in [0.3, 0.4) is 0 Å². The predicted molar refractivity (Wildman–Crippen MR) is 117 cm³/mol. The van der Waals surface area contributed by atoms with E-state index in [0.29, 0.717) is 24.5 Å². The van der Waals surface area contributed by atoms with E-state index in [2.05, 4.69) is 20.8 Å². The summed E-state index contributed by atoms with van der Waals surface area (Å²) in [5.74, 6) is 1.28. The minimum Gasteiger partial charge on any atom is -0.488 e. The number of ether oxygens (including phenoxy) is 2. The number of hydrogen-bond donors (Lipinski definition) is 0.